The second-order valence-corrected chi connectivity index (χ2v) is 2.39. The van der Waals surface area contributed by atoms with Crippen molar-refractivity contribution in [3.8, 4) is 11.5 Å². The van der Waals surface area contributed by atoms with Crippen molar-refractivity contribution in [3.05, 3.63) is 24.7 Å². The van der Waals surface area contributed by atoms with Crippen LogP contribution in [0.3, 0.4) is 0 Å². The van der Waals surface area contributed by atoms with Gasteiger partial charge < -0.3 is 10.2 Å². The molecule has 0 aliphatic carbocycles. The van der Waals surface area contributed by atoms with Gasteiger partial charge in [-0.05, 0) is 12.1 Å². The Balaban J connectivity index is 2.95. The third kappa shape index (κ3) is 0.852. The van der Waals surface area contributed by atoms with E-state index in [1.807, 2.05) is 0 Å². The van der Waals surface area contributed by atoms with E-state index >= 15 is 0 Å². The number of benzene rings is 1. The smallest absolute Gasteiger partial charge is 0.142 e. The second kappa shape index (κ2) is 2.34. The monoisotopic (exact) mass is 162 g/mol. The van der Waals surface area contributed by atoms with Crippen molar-refractivity contribution in [2.75, 3.05) is 0 Å². The van der Waals surface area contributed by atoms with Gasteiger partial charge in [-0.15, -0.1) is 0 Å². The number of phenolic OH excluding ortho intramolecular Hbond substituents is 2. The van der Waals surface area contributed by atoms with Crippen LogP contribution in [0.4, 0.5) is 0 Å². The lowest BCUT2D eigenvalue weighted by molar-refractivity contribution is 0.468. The van der Waals surface area contributed by atoms with Gasteiger partial charge in [-0.3, -0.25) is 0 Å². The molecule has 0 fully saturated rings. The highest BCUT2D eigenvalue weighted by atomic mass is 16.3. The van der Waals surface area contributed by atoms with Gasteiger partial charge in [0.05, 0.1) is 5.39 Å². The van der Waals surface area contributed by atoms with Gasteiger partial charge in [0.1, 0.15) is 23.3 Å². The number of aromatic nitrogens is 2. The second-order valence-electron chi connectivity index (χ2n) is 2.39. The molecule has 2 rings (SSSR count). The number of aromatic hydroxyl groups is 2. The summed E-state index contributed by atoms with van der Waals surface area (Å²) in [5.41, 5.74) is 0.366. The van der Waals surface area contributed by atoms with E-state index in [0.717, 1.165) is 0 Å². The van der Waals surface area contributed by atoms with Crippen LogP contribution in [-0.4, -0.2) is 20.2 Å². The topological polar surface area (TPSA) is 66.2 Å². The minimum atomic E-state index is 0.0465. The number of phenols is 2. The third-order valence-electron chi connectivity index (χ3n) is 1.63. The average molecular weight is 162 g/mol. The van der Waals surface area contributed by atoms with Crippen molar-refractivity contribution in [2.24, 2.45) is 0 Å². The van der Waals surface area contributed by atoms with Crippen LogP contribution in [0.15, 0.2) is 24.7 Å². The summed E-state index contributed by atoms with van der Waals surface area (Å²) in [4.78, 5) is 7.55. The van der Waals surface area contributed by atoms with Crippen molar-refractivity contribution >= 4 is 10.9 Å². The van der Waals surface area contributed by atoms with Gasteiger partial charge in [-0.2, -0.15) is 0 Å². The fourth-order valence-electron chi connectivity index (χ4n) is 1.05. The molecular weight excluding hydrogens is 156 g/mol. The van der Waals surface area contributed by atoms with Crippen molar-refractivity contribution in [2.45, 2.75) is 0 Å². The lowest BCUT2D eigenvalue weighted by Crippen LogP contribution is -1.81. The van der Waals surface area contributed by atoms with Crippen molar-refractivity contribution in [1.82, 2.24) is 9.97 Å². The summed E-state index contributed by atoms with van der Waals surface area (Å²) >= 11 is 0. The minimum absolute atomic E-state index is 0.0465. The maximum atomic E-state index is 9.30. The largest absolute Gasteiger partial charge is 0.507 e. The SMILES string of the molecule is Oc1ccc(O)c2ncncc12. The molecule has 0 radical (unpaired) electrons. The Morgan fingerprint density at radius 1 is 1.08 bits per heavy atom. The molecule has 1 heterocycles. The van der Waals surface area contributed by atoms with Gasteiger partial charge in [0.15, 0.2) is 0 Å². The molecule has 0 amide bonds. The summed E-state index contributed by atoms with van der Waals surface area (Å²) in [6.07, 6.45) is 2.78. The Kier molecular flexibility index (Phi) is 1.33. The van der Waals surface area contributed by atoms with Gasteiger partial charge in [-0.25, -0.2) is 9.97 Å². The Labute approximate surface area is 68.1 Å². The summed E-state index contributed by atoms with van der Waals surface area (Å²) in [5, 5.41) is 19.1. The summed E-state index contributed by atoms with van der Waals surface area (Å²) < 4.78 is 0. The molecule has 2 aromatic rings. The summed E-state index contributed by atoms with van der Waals surface area (Å²) in [5.74, 6) is 0.119. The molecule has 0 aliphatic rings. The molecule has 1 aromatic heterocycles. The Morgan fingerprint density at radius 2 is 1.83 bits per heavy atom. The predicted octanol–water partition coefficient (Wildman–Crippen LogP) is 1.04. The molecule has 0 unspecified atom stereocenters. The van der Waals surface area contributed by atoms with E-state index in [2.05, 4.69) is 9.97 Å². The van der Waals surface area contributed by atoms with E-state index in [1.54, 1.807) is 0 Å². The highest BCUT2D eigenvalue weighted by molar-refractivity contribution is 5.88. The van der Waals surface area contributed by atoms with Gasteiger partial charge in [0.25, 0.3) is 0 Å². The Bertz CT molecular complexity index is 388. The fraction of sp³-hybridized carbons (Fsp3) is 0. The fourth-order valence-corrected chi connectivity index (χ4v) is 1.05. The molecule has 0 atom stereocenters. The van der Waals surface area contributed by atoms with Crippen LogP contribution in [-0.2, 0) is 0 Å². The maximum absolute atomic E-state index is 9.30. The van der Waals surface area contributed by atoms with E-state index in [-0.39, 0.29) is 11.5 Å². The molecular formula is C8H6N2O2. The Morgan fingerprint density at radius 3 is 2.58 bits per heavy atom. The first kappa shape index (κ1) is 6.84. The highest BCUT2D eigenvalue weighted by Crippen LogP contribution is 2.28. The van der Waals surface area contributed by atoms with Gasteiger partial charge in [0.2, 0.25) is 0 Å². The standard InChI is InChI=1S/C8H6N2O2/c11-6-1-2-7(12)8-5(6)3-9-4-10-8/h1-4,11-12H. The number of nitrogens with zero attached hydrogens (tertiary/aromatic N) is 2. The normalized spacial score (nSPS) is 10.3. The van der Waals surface area contributed by atoms with E-state index in [0.29, 0.717) is 10.9 Å². The van der Waals surface area contributed by atoms with Crippen LogP contribution in [0.2, 0.25) is 0 Å². The zero-order valence-corrected chi connectivity index (χ0v) is 6.10. The van der Waals surface area contributed by atoms with E-state index in [4.69, 9.17) is 0 Å². The number of fused-ring (bicyclic) bond motifs is 1. The number of hydrogen-bond donors (Lipinski definition) is 2. The van der Waals surface area contributed by atoms with Crippen LogP contribution >= 0.6 is 0 Å². The van der Waals surface area contributed by atoms with Gasteiger partial charge >= 0.3 is 0 Å². The summed E-state index contributed by atoms with van der Waals surface area (Å²) in [7, 11) is 0. The molecule has 4 heteroatoms. The van der Waals surface area contributed by atoms with E-state index < -0.39 is 0 Å². The van der Waals surface area contributed by atoms with Crippen molar-refractivity contribution in [1.29, 1.82) is 0 Å². The molecule has 0 spiro atoms. The first-order valence-corrected chi connectivity index (χ1v) is 3.39. The zero-order chi connectivity index (χ0) is 8.55. The highest BCUT2D eigenvalue weighted by Gasteiger charge is 2.03. The molecule has 0 saturated heterocycles. The molecule has 4 nitrogen and oxygen atoms in total. The quantitative estimate of drug-likeness (QED) is 0.568. The first-order valence-electron chi connectivity index (χ1n) is 3.39. The first-order chi connectivity index (χ1) is 5.79. The lowest BCUT2D eigenvalue weighted by atomic mass is 10.2. The van der Waals surface area contributed by atoms with Crippen molar-refractivity contribution in [3.63, 3.8) is 0 Å². The minimum Gasteiger partial charge on any atom is -0.507 e. The predicted molar refractivity (Wildman–Crippen MR) is 42.9 cm³/mol. The maximum Gasteiger partial charge on any atom is 0.142 e. The van der Waals surface area contributed by atoms with E-state index in [1.165, 1.54) is 24.7 Å². The third-order valence-corrected chi connectivity index (χ3v) is 1.63. The van der Waals surface area contributed by atoms with Gasteiger partial charge in [-0.1, -0.05) is 0 Å². The summed E-state index contributed by atoms with van der Waals surface area (Å²) in [6.45, 7) is 0. The van der Waals surface area contributed by atoms with E-state index in [9.17, 15) is 10.2 Å². The number of rotatable bonds is 0. The van der Waals surface area contributed by atoms with Crippen LogP contribution in [0.1, 0.15) is 0 Å². The molecule has 0 saturated carbocycles. The molecule has 2 N–H and O–H groups in total. The van der Waals surface area contributed by atoms with Crippen LogP contribution in [0.25, 0.3) is 10.9 Å². The summed E-state index contributed by atoms with van der Waals surface area (Å²) in [6, 6.07) is 2.80. The Hall–Kier alpha value is -1.84. The van der Waals surface area contributed by atoms with Crippen LogP contribution in [0, 0.1) is 0 Å². The lowest BCUT2D eigenvalue weighted by Gasteiger charge is -1.99. The van der Waals surface area contributed by atoms with Crippen LogP contribution < -0.4 is 0 Å². The number of hydrogen-bond acceptors (Lipinski definition) is 4. The molecule has 12 heavy (non-hydrogen) atoms. The molecule has 0 aliphatic heterocycles. The zero-order valence-electron chi connectivity index (χ0n) is 6.10. The molecule has 60 valence electrons. The molecule has 0 bridgehead atoms. The van der Waals surface area contributed by atoms with Gasteiger partial charge in [0, 0.05) is 6.20 Å². The van der Waals surface area contributed by atoms with Crippen LogP contribution in [0.5, 0.6) is 11.5 Å². The molecule has 1 aromatic carbocycles. The van der Waals surface area contributed by atoms with Crippen molar-refractivity contribution < 1.29 is 10.2 Å². The average Bonchev–Trinajstić information content (AvgIpc) is 2.12.